The molecule has 1 aromatic heterocycles. The van der Waals surface area contributed by atoms with Crippen molar-refractivity contribution in [2.24, 2.45) is 5.92 Å². The zero-order chi connectivity index (χ0) is 26.0. The number of carbonyl (C=O) groups excluding carboxylic acids is 1. The number of piperidine rings is 1. The van der Waals surface area contributed by atoms with Crippen LogP contribution in [0.3, 0.4) is 0 Å². The molecule has 194 valence electrons. The standard InChI is InChI=1S/C28H30FN3O4S/c1-19-27(26(36-31-19)14-13-21-8-3-5-11-24(21)29)37(34,35)32-17-15-22(16-18-32)28(33)30-25-12-6-9-20-7-2-4-10-23(20)25/h2-5,7-8,10-11,13-14,22,25H,6,9,12,15-18H2,1H3,(H,30,33)/b14-13+/t25-/m0/s1. The number of nitrogens with one attached hydrogen (secondary N) is 1. The number of carbonyl (C=O) groups is 1. The van der Waals surface area contributed by atoms with Crippen molar-refractivity contribution in [1.29, 1.82) is 0 Å². The maximum Gasteiger partial charge on any atom is 0.248 e. The smallest absolute Gasteiger partial charge is 0.248 e. The van der Waals surface area contributed by atoms with Gasteiger partial charge in [0, 0.05) is 24.6 Å². The molecule has 0 bridgehead atoms. The van der Waals surface area contributed by atoms with E-state index >= 15 is 0 Å². The van der Waals surface area contributed by atoms with Crippen molar-refractivity contribution in [1.82, 2.24) is 14.8 Å². The first-order valence-electron chi connectivity index (χ1n) is 12.6. The van der Waals surface area contributed by atoms with Crippen LogP contribution in [0, 0.1) is 18.7 Å². The summed E-state index contributed by atoms with van der Waals surface area (Å²) in [7, 11) is -3.91. The highest BCUT2D eigenvalue weighted by molar-refractivity contribution is 7.89. The summed E-state index contributed by atoms with van der Waals surface area (Å²) in [6.07, 6.45) is 6.73. The first-order valence-corrected chi connectivity index (χ1v) is 14.1. The fraction of sp³-hybridized carbons (Fsp3) is 0.357. The fourth-order valence-electron chi connectivity index (χ4n) is 5.26. The Morgan fingerprint density at radius 1 is 1.08 bits per heavy atom. The second-order valence-electron chi connectivity index (χ2n) is 9.65. The minimum atomic E-state index is -3.91. The van der Waals surface area contributed by atoms with E-state index in [2.05, 4.69) is 22.6 Å². The molecule has 2 heterocycles. The van der Waals surface area contributed by atoms with E-state index in [1.54, 1.807) is 25.1 Å². The molecule has 0 spiro atoms. The Labute approximate surface area is 216 Å². The minimum absolute atomic E-state index is 0.00247. The van der Waals surface area contributed by atoms with E-state index < -0.39 is 15.8 Å². The van der Waals surface area contributed by atoms with Gasteiger partial charge in [-0.15, -0.1) is 0 Å². The molecule has 3 aromatic rings. The molecular formula is C28H30FN3O4S. The van der Waals surface area contributed by atoms with Crippen LogP contribution in [0.5, 0.6) is 0 Å². The van der Waals surface area contributed by atoms with E-state index in [0.717, 1.165) is 19.3 Å². The van der Waals surface area contributed by atoms with Gasteiger partial charge in [-0.25, -0.2) is 12.8 Å². The molecular weight excluding hydrogens is 493 g/mol. The third-order valence-electron chi connectivity index (χ3n) is 7.26. The van der Waals surface area contributed by atoms with Gasteiger partial charge in [0.05, 0.1) is 6.04 Å². The van der Waals surface area contributed by atoms with Crippen molar-refractivity contribution in [3.63, 3.8) is 0 Å². The molecule has 37 heavy (non-hydrogen) atoms. The summed E-state index contributed by atoms with van der Waals surface area (Å²) in [5.41, 5.74) is 3.02. The predicted octanol–water partition coefficient (Wildman–Crippen LogP) is 4.89. The van der Waals surface area contributed by atoms with E-state index in [0.29, 0.717) is 18.4 Å². The zero-order valence-electron chi connectivity index (χ0n) is 20.7. The van der Waals surface area contributed by atoms with E-state index in [1.165, 1.54) is 33.7 Å². The van der Waals surface area contributed by atoms with Crippen molar-refractivity contribution in [2.45, 2.75) is 50.0 Å². The highest BCUT2D eigenvalue weighted by Gasteiger charge is 2.36. The molecule has 1 amide bonds. The molecule has 2 aromatic carbocycles. The van der Waals surface area contributed by atoms with Crippen molar-refractivity contribution in [2.75, 3.05) is 13.1 Å². The van der Waals surface area contributed by atoms with Crippen LogP contribution in [0.25, 0.3) is 12.2 Å². The molecule has 1 aliphatic carbocycles. The number of aryl methyl sites for hydroxylation is 2. The van der Waals surface area contributed by atoms with Crippen LogP contribution in [-0.4, -0.2) is 36.9 Å². The normalized spacial score (nSPS) is 19.1. The summed E-state index contributed by atoms with van der Waals surface area (Å²) in [4.78, 5) is 13.0. The molecule has 5 rings (SSSR count). The van der Waals surface area contributed by atoms with Crippen molar-refractivity contribution in [3.05, 3.63) is 82.5 Å². The lowest BCUT2D eigenvalue weighted by Gasteiger charge is -2.32. The zero-order valence-corrected chi connectivity index (χ0v) is 21.5. The second-order valence-corrected chi connectivity index (χ2v) is 11.5. The van der Waals surface area contributed by atoms with E-state index in [4.69, 9.17) is 4.52 Å². The van der Waals surface area contributed by atoms with Gasteiger partial charge >= 0.3 is 0 Å². The van der Waals surface area contributed by atoms with Gasteiger partial charge < -0.3 is 9.84 Å². The highest BCUT2D eigenvalue weighted by Crippen LogP contribution is 2.32. The number of halogens is 1. The first-order chi connectivity index (χ1) is 17.8. The van der Waals surface area contributed by atoms with E-state index in [1.807, 2.05) is 12.1 Å². The molecule has 1 N–H and O–H groups in total. The van der Waals surface area contributed by atoms with Crippen LogP contribution in [0.15, 0.2) is 57.9 Å². The number of fused-ring (bicyclic) bond motifs is 1. The quantitative estimate of drug-likeness (QED) is 0.497. The van der Waals surface area contributed by atoms with Crippen LogP contribution < -0.4 is 5.32 Å². The van der Waals surface area contributed by atoms with Gasteiger partial charge in [0.25, 0.3) is 0 Å². The van der Waals surface area contributed by atoms with Crippen LogP contribution in [0.4, 0.5) is 4.39 Å². The number of rotatable bonds is 6. The molecule has 0 saturated carbocycles. The van der Waals surface area contributed by atoms with Gasteiger partial charge in [-0.05, 0) is 68.4 Å². The van der Waals surface area contributed by atoms with Gasteiger partial charge in [0.1, 0.15) is 11.5 Å². The van der Waals surface area contributed by atoms with Gasteiger partial charge in [-0.2, -0.15) is 4.31 Å². The molecule has 9 heteroatoms. The van der Waals surface area contributed by atoms with Crippen LogP contribution >= 0.6 is 0 Å². The summed E-state index contributed by atoms with van der Waals surface area (Å²) in [6, 6.07) is 14.4. The maximum atomic E-state index is 14.0. The first kappa shape index (κ1) is 25.4. The summed E-state index contributed by atoms with van der Waals surface area (Å²) in [5.74, 6) is -0.633. The fourth-order valence-corrected chi connectivity index (χ4v) is 6.98. The topological polar surface area (TPSA) is 92.5 Å². The van der Waals surface area contributed by atoms with Crippen molar-refractivity contribution < 1.29 is 22.1 Å². The predicted molar refractivity (Wildman–Crippen MR) is 138 cm³/mol. The highest BCUT2D eigenvalue weighted by atomic mass is 32.2. The summed E-state index contributed by atoms with van der Waals surface area (Å²) < 4.78 is 47.7. The molecule has 1 fully saturated rings. The van der Waals surface area contributed by atoms with Crippen LogP contribution in [0.1, 0.15) is 59.9 Å². The average molecular weight is 524 g/mol. The van der Waals surface area contributed by atoms with Crippen LogP contribution in [-0.2, 0) is 21.2 Å². The monoisotopic (exact) mass is 523 g/mol. The van der Waals surface area contributed by atoms with Gasteiger partial charge in [0.15, 0.2) is 10.7 Å². The lowest BCUT2D eigenvalue weighted by molar-refractivity contribution is -0.127. The Morgan fingerprint density at radius 2 is 1.81 bits per heavy atom. The Hall–Kier alpha value is -3.30. The van der Waals surface area contributed by atoms with E-state index in [9.17, 15) is 17.6 Å². The Morgan fingerprint density at radius 3 is 2.59 bits per heavy atom. The largest absolute Gasteiger partial charge is 0.355 e. The maximum absolute atomic E-state index is 14.0. The Balaban J connectivity index is 1.26. The summed E-state index contributed by atoms with van der Waals surface area (Å²) >= 11 is 0. The van der Waals surface area contributed by atoms with Crippen molar-refractivity contribution >= 4 is 28.1 Å². The lowest BCUT2D eigenvalue weighted by Crippen LogP contribution is -2.44. The minimum Gasteiger partial charge on any atom is -0.355 e. The van der Waals surface area contributed by atoms with Crippen molar-refractivity contribution in [3.8, 4) is 0 Å². The molecule has 1 aliphatic heterocycles. The number of amides is 1. The third-order valence-corrected chi connectivity index (χ3v) is 9.32. The Kier molecular flexibility index (Phi) is 7.26. The third kappa shape index (κ3) is 5.24. The Bertz CT molecular complexity index is 1420. The second kappa shape index (κ2) is 10.6. The number of sulfonamides is 1. The molecule has 7 nitrogen and oxygen atoms in total. The average Bonchev–Trinajstić information content (AvgIpc) is 3.29. The number of nitrogens with zero attached hydrogens (tertiary/aromatic N) is 2. The molecule has 1 saturated heterocycles. The molecule has 0 unspecified atom stereocenters. The van der Waals surface area contributed by atoms with E-state index in [-0.39, 0.29) is 47.3 Å². The number of benzene rings is 2. The molecule has 2 aliphatic rings. The summed E-state index contributed by atoms with van der Waals surface area (Å²) in [5, 5.41) is 7.06. The number of hydrogen-bond donors (Lipinski definition) is 1. The summed E-state index contributed by atoms with van der Waals surface area (Å²) in [6.45, 7) is 2.02. The van der Waals surface area contributed by atoms with Gasteiger partial charge in [-0.3, -0.25) is 4.79 Å². The molecule has 1 atom stereocenters. The number of hydrogen-bond acceptors (Lipinski definition) is 5. The van der Waals surface area contributed by atoms with Crippen LogP contribution in [0.2, 0.25) is 0 Å². The number of aromatic nitrogens is 1. The van der Waals surface area contributed by atoms with Gasteiger partial charge in [0.2, 0.25) is 15.9 Å². The lowest BCUT2D eigenvalue weighted by atomic mass is 9.87. The van der Waals surface area contributed by atoms with Gasteiger partial charge in [-0.1, -0.05) is 47.6 Å². The SMILES string of the molecule is Cc1noc(/C=C/c2ccccc2F)c1S(=O)(=O)N1CCC(C(=O)N[C@H]2CCCc3ccccc32)CC1. The molecule has 0 radical (unpaired) electrons.